The first-order valence-electron chi connectivity index (χ1n) is 6.84. The highest BCUT2D eigenvalue weighted by Crippen LogP contribution is 2.31. The van der Waals surface area contributed by atoms with Crippen molar-refractivity contribution in [3.05, 3.63) is 42.2 Å². The molecule has 114 valence electrons. The summed E-state index contributed by atoms with van der Waals surface area (Å²) in [4.78, 5) is 10.8. The number of benzene rings is 1. The number of anilines is 1. The van der Waals surface area contributed by atoms with Crippen molar-refractivity contribution in [2.24, 2.45) is 0 Å². The molecule has 22 heavy (non-hydrogen) atoms. The van der Waals surface area contributed by atoms with Crippen LogP contribution in [0.25, 0.3) is 10.2 Å². The van der Waals surface area contributed by atoms with Crippen LogP contribution >= 0.6 is 11.3 Å². The molecule has 0 fully saturated rings. The fraction of sp³-hybridized carbons (Fsp3) is 0.250. The minimum absolute atomic E-state index is 0.736. The van der Waals surface area contributed by atoms with Crippen molar-refractivity contribution >= 4 is 26.7 Å². The summed E-state index contributed by atoms with van der Waals surface area (Å²) < 4.78 is 11.8. The van der Waals surface area contributed by atoms with Gasteiger partial charge in [-0.3, -0.25) is 4.98 Å². The van der Waals surface area contributed by atoms with E-state index in [4.69, 9.17) is 9.47 Å². The Bertz CT molecular complexity index is 755. The third-order valence-electron chi connectivity index (χ3n) is 3.37. The van der Waals surface area contributed by atoms with Gasteiger partial charge >= 0.3 is 0 Å². The SMILES string of the molecule is COc1ccc(CN(C)c2nc3cnccc3s2)cc1OC. The summed E-state index contributed by atoms with van der Waals surface area (Å²) in [5.41, 5.74) is 2.07. The van der Waals surface area contributed by atoms with E-state index in [0.29, 0.717) is 0 Å². The number of methoxy groups -OCH3 is 2. The molecule has 0 unspecified atom stereocenters. The number of hydrogen-bond donors (Lipinski definition) is 0. The predicted molar refractivity (Wildman–Crippen MR) is 89.1 cm³/mol. The molecule has 3 aromatic rings. The Morgan fingerprint density at radius 3 is 2.68 bits per heavy atom. The lowest BCUT2D eigenvalue weighted by atomic mass is 10.2. The molecule has 5 nitrogen and oxygen atoms in total. The number of hydrogen-bond acceptors (Lipinski definition) is 6. The van der Waals surface area contributed by atoms with Crippen molar-refractivity contribution in [3.8, 4) is 11.5 Å². The second kappa shape index (κ2) is 6.19. The van der Waals surface area contributed by atoms with Crippen molar-refractivity contribution in [2.75, 3.05) is 26.2 Å². The molecule has 0 amide bonds. The molecule has 0 saturated carbocycles. The van der Waals surface area contributed by atoms with E-state index in [2.05, 4.69) is 14.9 Å². The zero-order chi connectivity index (χ0) is 15.5. The van der Waals surface area contributed by atoms with Crippen LogP contribution in [0.1, 0.15) is 5.56 Å². The number of aromatic nitrogens is 2. The van der Waals surface area contributed by atoms with Crippen LogP contribution in [-0.2, 0) is 6.54 Å². The first-order valence-corrected chi connectivity index (χ1v) is 7.65. The summed E-state index contributed by atoms with van der Waals surface area (Å²) >= 11 is 1.66. The standard InChI is InChI=1S/C16H17N3O2S/c1-19(16-18-12-9-17-7-6-15(12)22-16)10-11-4-5-13(20-2)14(8-11)21-3/h4-9H,10H2,1-3H3. The lowest BCUT2D eigenvalue weighted by Gasteiger charge is -2.17. The van der Waals surface area contributed by atoms with Gasteiger partial charge in [0.2, 0.25) is 0 Å². The minimum Gasteiger partial charge on any atom is -0.493 e. The number of ether oxygens (including phenoxy) is 2. The van der Waals surface area contributed by atoms with Crippen LogP contribution in [0.15, 0.2) is 36.7 Å². The molecule has 0 atom stereocenters. The van der Waals surface area contributed by atoms with Gasteiger partial charge in [-0.15, -0.1) is 0 Å². The normalized spacial score (nSPS) is 10.7. The summed E-state index contributed by atoms with van der Waals surface area (Å²) in [7, 11) is 5.31. The second-order valence-corrected chi connectivity index (χ2v) is 5.89. The van der Waals surface area contributed by atoms with Gasteiger partial charge in [0.25, 0.3) is 0 Å². The lowest BCUT2D eigenvalue weighted by Crippen LogP contribution is -2.16. The van der Waals surface area contributed by atoms with Gasteiger partial charge in [0.1, 0.15) is 5.52 Å². The van der Waals surface area contributed by atoms with Gasteiger partial charge in [0.15, 0.2) is 16.6 Å². The molecule has 3 rings (SSSR count). The molecule has 0 radical (unpaired) electrons. The number of fused-ring (bicyclic) bond motifs is 1. The third kappa shape index (κ3) is 2.82. The van der Waals surface area contributed by atoms with Crippen molar-refractivity contribution in [1.82, 2.24) is 9.97 Å². The number of rotatable bonds is 5. The Kier molecular flexibility index (Phi) is 4.11. The van der Waals surface area contributed by atoms with Crippen LogP contribution in [0, 0.1) is 0 Å². The van der Waals surface area contributed by atoms with Gasteiger partial charge in [-0.1, -0.05) is 17.4 Å². The number of nitrogens with zero attached hydrogens (tertiary/aromatic N) is 3. The van der Waals surface area contributed by atoms with Crippen LogP contribution in [0.2, 0.25) is 0 Å². The molecule has 0 bridgehead atoms. The van der Waals surface area contributed by atoms with E-state index in [0.717, 1.165) is 39.0 Å². The Labute approximate surface area is 133 Å². The first kappa shape index (κ1) is 14.6. The summed E-state index contributed by atoms with van der Waals surface area (Å²) in [5.74, 6) is 1.47. The van der Waals surface area contributed by atoms with Gasteiger partial charge in [-0.25, -0.2) is 4.98 Å². The molecule has 2 heterocycles. The zero-order valence-corrected chi connectivity index (χ0v) is 13.6. The summed E-state index contributed by atoms with van der Waals surface area (Å²) in [6.07, 6.45) is 3.58. The van der Waals surface area contributed by atoms with Crippen molar-refractivity contribution in [1.29, 1.82) is 0 Å². The molecule has 1 aromatic carbocycles. The highest BCUT2D eigenvalue weighted by Gasteiger charge is 2.11. The van der Waals surface area contributed by atoms with Gasteiger partial charge in [-0.05, 0) is 23.8 Å². The Morgan fingerprint density at radius 1 is 1.14 bits per heavy atom. The average Bonchev–Trinajstić information content (AvgIpc) is 2.99. The molecular weight excluding hydrogens is 298 g/mol. The maximum atomic E-state index is 5.35. The third-order valence-corrected chi connectivity index (χ3v) is 4.52. The highest BCUT2D eigenvalue weighted by molar-refractivity contribution is 7.22. The van der Waals surface area contributed by atoms with E-state index in [1.165, 1.54) is 0 Å². The molecular formula is C16H17N3O2S. The largest absolute Gasteiger partial charge is 0.493 e. The molecule has 6 heteroatoms. The molecule has 0 aliphatic heterocycles. The molecule has 0 spiro atoms. The number of thiazole rings is 1. The number of pyridine rings is 1. The van der Waals surface area contributed by atoms with E-state index >= 15 is 0 Å². The van der Waals surface area contributed by atoms with E-state index in [-0.39, 0.29) is 0 Å². The van der Waals surface area contributed by atoms with Crippen molar-refractivity contribution in [2.45, 2.75) is 6.54 Å². The first-order chi connectivity index (χ1) is 10.7. The van der Waals surface area contributed by atoms with Crippen LogP contribution < -0.4 is 14.4 Å². The van der Waals surface area contributed by atoms with E-state index < -0.39 is 0 Å². The quantitative estimate of drug-likeness (QED) is 0.722. The molecule has 2 aromatic heterocycles. The fourth-order valence-electron chi connectivity index (χ4n) is 2.25. The second-order valence-electron chi connectivity index (χ2n) is 4.89. The van der Waals surface area contributed by atoms with Gasteiger partial charge in [0, 0.05) is 19.8 Å². The minimum atomic E-state index is 0.736. The van der Waals surface area contributed by atoms with Crippen LogP contribution in [-0.4, -0.2) is 31.2 Å². The molecule has 0 saturated heterocycles. The zero-order valence-electron chi connectivity index (χ0n) is 12.7. The van der Waals surface area contributed by atoms with Crippen LogP contribution in [0.4, 0.5) is 5.13 Å². The fourth-order valence-corrected chi connectivity index (χ4v) is 3.14. The molecule has 0 N–H and O–H groups in total. The summed E-state index contributed by atoms with van der Waals surface area (Å²) in [5, 5.41) is 0.970. The van der Waals surface area contributed by atoms with E-state index in [9.17, 15) is 0 Å². The van der Waals surface area contributed by atoms with Crippen molar-refractivity contribution < 1.29 is 9.47 Å². The monoisotopic (exact) mass is 315 g/mol. The van der Waals surface area contributed by atoms with Gasteiger partial charge in [0.05, 0.1) is 25.1 Å². The lowest BCUT2D eigenvalue weighted by molar-refractivity contribution is 0.354. The maximum absolute atomic E-state index is 5.35. The summed E-state index contributed by atoms with van der Waals surface area (Å²) in [6, 6.07) is 7.93. The Hall–Kier alpha value is -2.34. The van der Waals surface area contributed by atoms with E-state index in [1.807, 2.05) is 31.3 Å². The van der Waals surface area contributed by atoms with Gasteiger partial charge in [-0.2, -0.15) is 0 Å². The topological polar surface area (TPSA) is 47.5 Å². The smallest absolute Gasteiger partial charge is 0.186 e. The summed E-state index contributed by atoms with van der Waals surface area (Å²) in [6.45, 7) is 0.744. The maximum Gasteiger partial charge on any atom is 0.186 e. The van der Waals surface area contributed by atoms with Gasteiger partial charge < -0.3 is 14.4 Å². The van der Waals surface area contributed by atoms with E-state index in [1.54, 1.807) is 38.0 Å². The Balaban J connectivity index is 1.82. The Morgan fingerprint density at radius 2 is 1.95 bits per heavy atom. The van der Waals surface area contributed by atoms with Crippen LogP contribution in [0.5, 0.6) is 11.5 Å². The molecule has 0 aliphatic rings. The van der Waals surface area contributed by atoms with Crippen LogP contribution in [0.3, 0.4) is 0 Å². The highest BCUT2D eigenvalue weighted by atomic mass is 32.1. The molecule has 0 aliphatic carbocycles. The predicted octanol–water partition coefficient (Wildman–Crippen LogP) is 3.34. The van der Waals surface area contributed by atoms with Crippen molar-refractivity contribution in [3.63, 3.8) is 0 Å². The average molecular weight is 315 g/mol.